The molecule has 0 saturated heterocycles. The number of nitrogens with zero attached hydrogens (tertiary/aromatic N) is 3. The molecule has 0 saturated carbocycles. The Balaban J connectivity index is 0.000000891. The Hall–Kier alpha value is -2.01. The van der Waals surface area contributed by atoms with Crippen LogP contribution in [0.1, 0.15) is 64.1 Å². The van der Waals surface area contributed by atoms with E-state index in [1.54, 1.807) is 6.07 Å². The number of nitrogens with one attached hydrogen (secondary N) is 1. The monoisotopic (exact) mass is 348 g/mol. The van der Waals surface area contributed by atoms with Crippen LogP contribution in [-0.4, -0.2) is 21.0 Å². The second kappa shape index (κ2) is 8.73. The third-order valence-corrected chi connectivity index (χ3v) is 3.06. The Morgan fingerprint density at radius 3 is 2.38 bits per heavy atom. The van der Waals surface area contributed by atoms with Crippen molar-refractivity contribution in [3.63, 3.8) is 0 Å². The Labute approximate surface area is 148 Å². The molecule has 2 heterocycles. The quantitative estimate of drug-likeness (QED) is 0.773. The fourth-order valence-electron chi connectivity index (χ4n) is 1.78. The van der Waals surface area contributed by atoms with Crippen molar-refractivity contribution in [3.8, 4) is 0 Å². The number of hydrogen-bond donors (Lipinski definition) is 1. The average molecular weight is 349 g/mol. The van der Waals surface area contributed by atoms with Gasteiger partial charge in [-0.3, -0.25) is 4.79 Å². The van der Waals surface area contributed by atoms with Crippen LogP contribution < -0.4 is 5.32 Å². The van der Waals surface area contributed by atoms with Gasteiger partial charge in [0.05, 0.1) is 5.69 Å². The van der Waals surface area contributed by atoms with Gasteiger partial charge in [-0.05, 0) is 12.1 Å². The normalized spacial score (nSPS) is 10.6. The smallest absolute Gasteiger partial charge is 0.182 e. The van der Waals surface area contributed by atoms with E-state index in [9.17, 15) is 4.79 Å². The molecule has 1 N–H and O–H groups in total. The molecule has 0 unspecified atom stereocenters. The number of hydrogen-bond acceptors (Lipinski definition) is 5. The Bertz CT molecular complexity index is 696. The number of aromatic nitrogens is 3. The molecular formula is C18H25ClN4O. The van der Waals surface area contributed by atoms with E-state index < -0.39 is 0 Å². The number of carbonyl (C=O) groups excluding carboxylic acids is 1. The molecule has 0 spiro atoms. The number of halogens is 1. The summed E-state index contributed by atoms with van der Waals surface area (Å²) in [7, 11) is 0. The summed E-state index contributed by atoms with van der Waals surface area (Å²) >= 11 is 5.85. The molecular weight excluding hydrogens is 324 g/mol. The van der Waals surface area contributed by atoms with Crippen LogP contribution in [0.2, 0.25) is 5.15 Å². The second-order valence-electron chi connectivity index (χ2n) is 6.48. The van der Waals surface area contributed by atoms with Crippen LogP contribution in [0.15, 0.2) is 24.3 Å². The minimum atomic E-state index is -0.186. The van der Waals surface area contributed by atoms with Gasteiger partial charge in [-0.2, -0.15) is 0 Å². The molecule has 2 aromatic heterocycles. The topological polar surface area (TPSA) is 67.8 Å². The highest BCUT2D eigenvalue weighted by molar-refractivity contribution is 6.29. The lowest BCUT2D eigenvalue weighted by Gasteiger charge is -2.18. The van der Waals surface area contributed by atoms with Crippen molar-refractivity contribution in [3.05, 3.63) is 40.8 Å². The van der Waals surface area contributed by atoms with Gasteiger partial charge >= 0.3 is 0 Å². The first-order valence-electron chi connectivity index (χ1n) is 7.97. The summed E-state index contributed by atoms with van der Waals surface area (Å²) in [5.74, 6) is 0.447. The molecule has 0 radical (unpaired) electrons. The van der Waals surface area contributed by atoms with Crippen LogP contribution in [0.25, 0.3) is 0 Å². The largest absolute Gasteiger partial charge is 0.338 e. The standard InChI is InChI=1S/C15H17ClN4O.C3H8/c1-9(21)14-10(8-12(16)19-20-14)17-13-7-5-6-11(18-13)15(2,3)4;1-3-2/h5-8H,1-4H3,(H,17,18,19);3H2,1-2H3. The first-order valence-corrected chi connectivity index (χ1v) is 8.35. The molecule has 0 aliphatic rings. The maximum atomic E-state index is 11.6. The first-order chi connectivity index (χ1) is 11.2. The van der Waals surface area contributed by atoms with E-state index in [1.165, 1.54) is 13.3 Å². The van der Waals surface area contributed by atoms with Crippen molar-refractivity contribution in [1.29, 1.82) is 0 Å². The molecule has 24 heavy (non-hydrogen) atoms. The number of ketones is 1. The zero-order chi connectivity index (χ0) is 18.3. The summed E-state index contributed by atoms with van der Waals surface area (Å²) in [6.45, 7) is 11.9. The Morgan fingerprint density at radius 1 is 1.21 bits per heavy atom. The van der Waals surface area contributed by atoms with E-state index in [0.717, 1.165) is 5.69 Å². The summed E-state index contributed by atoms with van der Waals surface area (Å²) in [5, 5.41) is 10.8. The summed E-state index contributed by atoms with van der Waals surface area (Å²) < 4.78 is 0. The molecule has 0 bridgehead atoms. The second-order valence-corrected chi connectivity index (χ2v) is 6.86. The van der Waals surface area contributed by atoms with Crippen LogP contribution >= 0.6 is 11.6 Å². The van der Waals surface area contributed by atoms with Crippen molar-refractivity contribution >= 4 is 28.9 Å². The fraction of sp³-hybridized carbons (Fsp3) is 0.444. The number of pyridine rings is 1. The van der Waals surface area contributed by atoms with E-state index in [4.69, 9.17) is 11.6 Å². The van der Waals surface area contributed by atoms with E-state index in [1.807, 2.05) is 18.2 Å². The Morgan fingerprint density at radius 2 is 1.83 bits per heavy atom. The maximum Gasteiger partial charge on any atom is 0.182 e. The molecule has 0 aliphatic carbocycles. The molecule has 0 atom stereocenters. The van der Waals surface area contributed by atoms with Crippen LogP contribution in [0.3, 0.4) is 0 Å². The third kappa shape index (κ3) is 5.89. The first kappa shape index (κ1) is 20.0. The van der Waals surface area contributed by atoms with Gasteiger partial charge in [-0.1, -0.05) is 58.7 Å². The molecule has 0 aliphatic heterocycles. The van der Waals surface area contributed by atoms with Gasteiger partial charge in [0.25, 0.3) is 0 Å². The summed E-state index contributed by atoms with van der Waals surface area (Å²) in [6, 6.07) is 7.28. The summed E-state index contributed by atoms with van der Waals surface area (Å²) in [5.41, 5.74) is 1.63. The SMILES string of the molecule is CC(=O)c1nnc(Cl)cc1Nc1cccc(C(C)(C)C)n1.CCC. The van der Waals surface area contributed by atoms with Gasteiger partial charge in [0, 0.05) is 24.1 Å². The predicted octanol–water partition coefficient (Wildman–Crippen LogP) is 5.19. The number of Topliss-reactive ketones (excluding diaryl/α,β-unsaturated/α-hetero) is 1. The minimum absolute atomic E-state index is 0.0603. The highest BCUT2D eigenvalue weighted by Crippen LogP contribution is 2.24. The lowest BCUT2D eigenvalue weighted by Crippen LogP contribution is -2.14. The van der Waals surface area contributed by atoms with Crippen molar-refractivity contribution < 1.29 is 4.79 Å². The summed E-state index contributed by atoms with van der Waals surface area (Å²) in [6.07, 6.45) is 1.25. The van der Waals surface area contributed by atoms with Crippen molar-refractivity contribution in [2.24, 2.45) is 0 Å². The lowest BCUT2D eigenvalue weighted by atomic mass is 9.92. The lowest BCUT2D eigenvalue weighted by molar-refractivity contribution is 0.101. The highest BCUT2D eigenvalue weighted by atomic mass is 35.5. The van der Waals surface area contributed by atoms with Crippen LogP contribution in [0, 0.1) is 0 Å². The number of rotatable bonds is 3. The van der Waals surface area contributed by atoms with Gasteiger partial charge in [0.15, 0.2) is 16.6 Å². The third-order valence-electron chi connectivity index (χ3n) is 2.88. The van der Waals surface area contributed by atoms with Gasteiger partial charge < -0.3 is 5.32 Å². The van der Waals surface area contributed by atoms with E-state index in [0.29, 0.717) is 11.5 Å². The fourth-order valence-corrected chi connectivity index (χ4v) is 1.93. The van der Waals surface area contributed by atoms with E-state index >= 15 is 0 Å². The van der Waals surface area contributed by atoms with Crippen molar-refractivity contribution in [2.75, 3.05) is 5.32 Å². The van der Waals surface area contributed by atoms with Crippen LogP contribution in [0.4, 0.5) is 11.5 Å². The van der Waals surface area contributed by atoms with E-state index in [2.05, 4.69) is 55.1 Å². The molecule has 0 fully saturated rings. The highest BCUT2D eigenvalue weighted by Gasteiger charge is 2.16. The number of anilines is 2. The van der Waals surface area contributed by atoms with Crippen molar-refractivity contribution in [1.82, 2.24) is 15.2 Å². The van der Waals surface area contributed by atoms with Gasteiger partial charge in [-0.15, -0.1) is 10.2 Å². The molecule has 130 valence electrons. The molecule has 0 aromatic carbocycles. The predicted molar refractivity (Wildman–Crippen MR) is 99.2 cm³/mol. The molecule has 5 nitrogen and oxygen atoms in total. The van der Waals surface area contributed by atoms with Crippen LogP contribution in [0.5, 0.6) is 0 Å². The van der Waals surface area contributed by atoms with Gasteiger partial charge in [0.1, 0.15) is 5.82 Å². The zero-order valence-corrected chi connectivity index (χ0v) is 15.9. The molecule has 2 aromatic rings. The van der Waals surface area contributed by atoms with Gasteiger partial charge in [-0.25, -0.2) is 4.98 Å². The molecule has 0 amide bonds. The number of carbonyl (C=O) groups is 1. The summed E-state index contributed by atoms with van der Waals surface area (Å²) in [4.78, 5) is 16.1. The Kier molecular flexibility index (Phi) is 7.29. The maximum absolute atomic E-state index is 11.6. The average Bonchev–Trinajstić information content (AvgIpc) is 2.47. The molecule has 6 heteroatoms. The molecule has 2 rings (SSSR count). The zero-order valence-electron chi connectivity index (χ0n) is 15.1. The minimum Gasteiger partial charge on any atom is -0.338 e. The van der Waals surface area contributed by atoms with Crippen molar-refractivity contribution in [2.45, 2.75) is 53.4 Å². The van der Waals surface area contributed by atoms with E-state index in [-0.39, 0.29) is 22.0 Å². The van der Waals surface area contributed by atoms with Gasteiger partial charge in [0.2, 0.25) is 0 Å². The van der Waals surface area contributed by atoms with Crippen LogP contribution in [-0.2, 0) is 5.41 Å².